The number of hydrogen-bond donors (Lipinski definition) is 0. The Kier molecular flexibility index (Phi) is 4.19. The topological polar surface area (TPSA) is 92.3 Å². The van der Waals surface area contributed by atoms with Crippen LogP contribution < -0.4 is 15.1 Å². The van der Waals surface area contributed by atoms with E-state index >= 15 is 0 Å². The third-order valence-corrected chi connectivity index (χ3v) is 4.89. The molecule has 1 aliphatic rings. The number of aryl methyl sites for hydroxylation is 1. The maximum atomic E-state index is 13.4. The average Bonchev–Trinajstić information content (AvgIpc) is 3.35. The number of ether oxygens (including phenoxy) is 2. The minimum atomic E-state index is -4.76. The van der Waals surface area contributed by atoms with Gasteiger partial charge in [0.2, 0.25) is 12.7 Å². The second-order valence-electron chi connectivity index (χ2n) is 6.59. The lowest BCUT2D eigenvalue weighted by Crippen LogP contribution is -2.09. The van der Waals surface area contributed by atoms with Gasteiger partial charge in [-0.25, -0.2) is 19.4 Å². The van der Waals surface area contributed by atoms with Gasteiger partial charge < -0.3 is 13.9 Å². The highest BCUT2D eigenvalue weighted by molar-refractivity contribution is 6.32. The summed E-state index contributed by atoms with van der Waals surface area (Å²) >= 11 is 6.11. The van der Waals surface area contributed by atoms with E-state index < -0.39 is 17.5 Å². The number of benzene rings is 1. The number of hydrogen-bond acceptors (Lipinski definition) is 7. The normalized spacial score (nSPS) is 13.2. The number of aromatic nitrogens is 4. The first-order chi connectivity index (χ1) is 14.7. The van der Waals surface area contributed by atoms with Gasteiger partial charge in [-0.1, -0.05) is 11.6 Å². The van der Waals surface area contributed by atoms with Gasteiger partial charge in [0.15, 0.2) is 23.0 Å². The Morgan fingerprint density at radius 3 is 2.77 bits per heavy atom. The van der Waals surface area contributed by atoms with Gasteiger partial charge in [-0.05, 0) is 30.7 Å². The number of fused-ring (bicyclic) bond motifs is 3. The lowest BCUT2D eigenvalue weighted by Gasteiger charge is -2.09. The van der Waals surface area contributed by atoms with Crippen LogP contribution in [0.25, 0.3) is 28.3 Å². The van der Waals surface area contributed by atoms with Crippen molar-refractivity contribution in [3.8, 4) is 28.9 Å². The zero-order valence-electron chi connectivity index (χ0n) is 15.5. The summed E-state index contributed by atoms with van der Waals surface area (Å²) < 4.78 is 56.9. The molecule has 0 fully saturated rings. The Labute approximate surface area is 175 Å². The molecular weight excluding hydrogens is 441 g/mol. The fourth-order valence-corrected chi connectivity index (χ4v) is 3.44. The standard InChI is InChI=1S/C19H10ClF3N4O4/c1-8-5-11-15(30-7-29-11)13-14(8)25-17(31-18(13)28)10-6-12(19(21,22)23)26-27(10)16-9(20)3-2-4-24-16/h2-6H,7H2,1H3. The molecule has 0 saturated heterocycles. The molecule has 0 spiro atoms. The maximum absolute atomic E-state index is 13.4. The molecule has 1 aromatic carbocycles. The molecule has 0 aliphatic carbocycles. The van der Waals surface area contributed by atoms with Crippen LogP contribution >= 0.6 is 11.6 Å². The van der Waals surface area contributed by atoms with Crippen LogP contribution in [-0.4, -0.2) is 26.5 Å². The fraction of sp³-hybridized carbons (Fsp3) is 0.158. The predicted molar refractivity (Wildman–Crippen MR) is 102 cm³/mol. The third-order valence-electron chi connectivity index (χ3n) is 4.59. The van der Waals surface area contributed by atoms with Crippen molar-refractivity contribution in [2.45, 2.75) is 13.1 Å². The van der Waals surface area contributed by atoms with Gasteiger partial charge in [-0.3, -0.25) is 0 Å². The summed E-state index contributed by atoms with van der Waals surface area (Å²) in [6.45, 7) is 1.60. The number of alkyl halides is 3. The third kappa shape index (κ3) is 3.08. The molecule has 0 bridgehead atoms. The molecule has 0 atom stereocenters. The van der Waals surface area contributed by atoms with Crippen molar-refractivity contribution in [2.24, 2.45) is 0 Å². The Hall–Kier alpha value is -3.60. The van der Waals surface area contributed by atoms with Crippen LogP contribution in [0.5, 0.6) is 11.5 Å². The first-order valence-electron chi connectivity index (χ1n) is 8.76. The van der Waals surface area contributed by atoms with Crippen LogP contribution in [0.2, 0.25) is 5.02 Å². The van der Waals surface area contributed by atoms with E-state index in [4.69, 9.17) is 25.5 Å². The Morgan fingerprint density at radius 2 is 2.03 bits per heavy atom. The molecule has 12 heteroatoms. The van der Waals surface area contributed by atoms with Crippen molar-refractivity contribution >= 4 is 22.5 Å². The van der Waals surface area contributed by atoms with Gasteiger partial charge >= 0.3 is 11.8 Å². The van der Waals surface area contributed by atoms with Gasteiger partial charge in [0.05, 0.1) is 10.5 Å². The summed E-state index contributed by atoms with van der Waals surface area (Å²) in [4.78, 5) is 21.1. The number of rotatable bonds is 2. The van der Waals surface area contributed by atoms with Crippen LogP contribution in [0.3, 0.4) is 0 Å². The van der Waals surface area contributed by atoms with Crippen LogP contribution in [0.4, 0.5) is 13.2 Å². The summed E-state index contributed by atoms with van der Waals surface area (Å²) in [6, 6.07) is 5.29. The molecule has 1 aliphatic heterocycles. The van der Waals surface area contributed by atoms with Crippen LogP contribution in [0.1, 0.15) is 11.3 Å². The molecule has 0 unspecified atom stereocenters. The van der Waals surface area contributed by atoms with Gasteiger partial charge in [-0.15, -0.1) is 0 Å². The van der Waals surface area contributed by atoms with E-state index in [0.29, 0.717) is 17.4 Å². The summed E-state index contributed by atoms with van der Waals surface area (Å²) in [6.07, 6.45) is -3.42. The largest absolute Gasteiger partial charge is 0.454 e. The van der Waals surface area contributed by atoms with E-state index in [1.54, 1.807) is 13.0 Å². The van der Waals surface area contributed by atoms with Gasteiger partial charge in [0.1, 0.15) is 11.1 Å². The van der Waals surface area contributed by atoms with E-state index in [-0.39, 0.29) is 45.9 Å². The van der Waals surface area contributed by atoms with E-state index in [1.165, 1.54) is 18.3 Å². The minimum absolute atomic E-state index is 0.0363. The van der Waals surface area contributed by atoms with Gasteiger partial charge in [0.25, 0.3) is 0 Å². The van der Waals surface area contributed by atoms with Crippen molar-refractivity contribution < 1.29 is 27.1 Å². The van der Waals surface area contributed by atoms with Crippen LogP contribution in [0, 0.1) is 6.92 Å². The highest BCUT2D eigenvalue weighted by Crippen LogP contribution is 2.40. The predicted octanol–water partition coefficient (Wildman–Crippen LogP) is 4.15. The fourth-order valence-electron chi connectivity index (χ4n) is 3.23. The molecular formula is C19H10ClF3N4O4. The zero-order chi connectivity index (χ0) is 21.9. The van der Waals surface area contributed by atoms with Crippen molar-refractivity contribution in [3.05, 3.63) is 57.2 Å². The summed E-state index contributed by atoms with van der Waals surface area (Å²) in [5, 5.41) is 3.66. The second kappa shape index (κ2) is 6.71. The molecule has 31 heavy (non-hydrogen) atoms. The first kappa shape index (κ1) is 19.4. The second-order valence-corrected chi connectivity index (χ2v) is 7.00. The van der Waals surface area contributed by atoms with E-state index in [0.717, 1.165) is 4.68 Å². The smallest absolute Gasteiger partial charge is 0.435 e. The van der Waals surface area contributed by atoms with Crippen molar-refractivity contribution in [2.75, 3.05) is 6.79 Å². The van der Waals surface area contributed by atoms with E-state index in [2.05, 4.69) is 15.1 Å². The molecule has 4 aromatic rings. The Bertz CT molecular complexity index is 1410. The Morgan fingerprint density at radius 1 is 1.23 bits per heavy atom. The first-order valence-corrected chi connectivity index (χ1v) is 9.14. The molecule has 158 valence electrons. The molecule has 0 N–H and O–H groups in total. The average molecular weight is 451 g/mol. The van der Waals surface area contributed by atoms with Gasteiger partial charge in [-0.2, -0.15) is 18.3 Å². The number of nitrogens with zero attached hydrogens (tertiary/aromatic N) is 4. The SMILES string of the molecule is Cc1cc2c(c3c(=O)oc(-c4cc(C(F)(F)F)nn4-c4ncccc4Cl)nc13)OCO2. The van der Waals surface area contributed by atoms with Crippen LogP contribution in [-0.2, 0) is 6.18 Å². The van der Waals surface area contributed by atoms with E-state index in [9.17, 15) is 18.0 Å². The van der Waals surface area contributed by atoms with Crippen molar-refractivity contribution in [1.82, 2.24) is 19.7 Å². The summed E-state index contributed by atoms with van der Waals surface area (Å²) in [5.74, 6) is 0.0629. The molecule has 5 rings (SSSR count). The Balaban J connectivity index is 1.80. The molecule has 4 heterocycles. The van der Waals surface area contributed by atoms with Crippen LogP contribution in [0.15, 0.2) is 39.7 Å². The number of halogens is 4. The minimum Gasteiger partial charge on any atom is -0.454 e. The monoisotopic (exact) mass is 450 g/mol. The highest BCUT2D eigenvalue weighted by Gasteiger charge is 2.36. The molecule has 3 aromatic heterocycles. The molecule has 8 nitrogen and oxygen atoms in total. The summed E-state index contributed by atoms with van der Waals surface area (Å²) in [7, 11) is 0. The quantitative estimate of drug-likeness (QED) is 0.453. The molecule has 0 radical (unpaired) electrons. The molecule has 0 amide bonds. The maximum Gasteiger partial charge on any atom is 0.435 e. The van der Waals surface area contributed by atoms with E-state index in [1.807, 2.05) is 0 Å². The lowest BCUT2D eigenvalue weighted by atomic mass is 10.1. The van der Waals surface area contributed by atoms with Crippen molar-refractivity contribution in [1.29, 1.82) is 0 Å². The summed E-state index contributed by atoms with van der Waals surface area (Å²) in [5.41, 5.74) is -1.57. The van der Waals surface area contributed by atoms with Crippen molar-refractivity contribution in [3.63, 3.8) is 0 Å². The lowest BCUT2D eigenvalue weighted by molar-refractivity contribution is -0.141. The number of pyridine rings is 1. The molecule has 0 saturated carbocycles. The zero-order valence-corrected chi connectivity index (χ0v) is 16.3. The highest BCUT2D eigenvalue weighted by atomic mass is 35.5. The van der Waals surface area contributed by atoms with Gasteiger partial charge in [0, 0.05) is 12.3 Å².